The molecule has 0 bridgehead atoms. The third-order valence-electron chi connectivity index (χ3n) is 7.09. The largest absolute Gasteiger partial charge is 0.478 e. The molecule has 0 atom stereocenters. The minimum Gasteiger partial charge on any atom is -0.478 e. The lowest BCUT2D eigenvalue weighted by Crippen LogP contribution is -2.40. The molecule has 3 aromatic carbocycles. The smallest absolute Gasteiger partial charge is 0.335 e. The first-order chi connectivity index (χ1) is 20.7. The van der Waals surface area contributed by atoms with Crippen LogP contribution in [-0.2, 0) is 20.8 Å². The van der Waals surface area contributed by atoms with E-state index in [9.17, 15) is 24.0 Å². The summed E-state index contributed by atoms with van der Waals surface area (Å²) < 4.78 is 0. The number of aryl methyl sites for hydroxylation is 1. The molecule has 1 saturated heterocycles. The van der Waals surface area contributed by atoms with Crippen molar-refractivity contribution in [2.75, 3.05) is 42.1 Å². The van der Waals surface area contributed by atoms with E-state index in [1.807, 2.05) is 31.2 Å². The number of hydrogen-bond acceptors (Lipinski definition) is 5. The summed E-state index contributed by atoms with van der Waals surface area (Å²) in [6, 6.07) is 19.7. The second kappa shape index (κ2) is 14.6. The maximum atomic E-state index is 13.3. The molecule has 1 aliphatic rings. The van der Waals surface area contributed by atoms with Crippen LogP contribution in [0.1, 0.15) is 40.7 Å². The van der Waals surface area contributed by atoms with Gasteiger partial charge < -0.3 is 30.9 Å². The summed E-state index contributed by atoms with van der Waals surface area (Å²) in [4.78, 5) is 64.9. The molecule has 0 spiro atoms. The molecular weight excluding hydrogens is 550 g/mol. The van der Waals surface area contributed by atoms with Crippen molar-refractivity contribution in [3.8, 4) is 0 Å². The molecule has 4 rings (SSSR count). The van der Waals surface area contributed by atoms with Gasteiger partial charge in [-0.25, -0.2) is 9.59 Å². The van der Waals surface area contributed by atoms with Crippen molar-refractivity contribution in [3.63, 3.8) is 0 Å². The Morgan fingerprint density at radius 1 is 0.884 bits per heavy atom. The van der Waals surface area contributed by atoms with Gasteiger partial charge in [0.15, 0.2) is 0 Å². The van der Waals surface area contributed by atoms with Crippen LogP contribution in [0.5, 0.6) is 0 Å². The highest BCUT2D eigenvalue weighted by Gasteiger charge is 2.22. The Balaban J connectivity index is 1.35. The number of para-hydroxylation sites is 1. The molecule has 43 heavy (non-hydrogen) atoms. The molecule has 11 heteroatoms. The van der Waals surface area contributed by atoms with Crippen LogP contribution >= 0.6 is 0 Å². The van der Waals surface area contributed by atoms with Crippen molar-refractivity contribution in [2.24, 2.45) is 0 Å². The molecule has 0 saturated carbocycles. The maximum absolute atomic E-state index is 13.3. The van der Waals surface area contributed by atoms with Crippen LogP contribution in [0, 0.1) is 6.92 Å². The van der Waals surface area contributed by atoms with E-state index in [-0.39, 0.29) is 42.9 Å². The number of nitrogens with zero attached hydrogens (tertiary/aromatic N) is 2. The Morgan fingerprint density at radius 2 is 1.56 bits per heavy atom. The van der Waals surface area contributed by atoms with Gasteiger partial charge in [0.1, 0.15) is 0 Å². The van der Waals surface area contributed by atoms with Gasteiger partial charge >= 0.3 is 12.0 Å². The molecule has 1 heterocycles. The van der Waals surface area contributed by atoms with Crippen LogP contribution in [0.3, 0.4) is 0 Å². The Bertz CT molecular complexity index is 1470. The molecule has 11 nitrogen and oxygen atoms in total. The molecule has 4 N–H and O–H groups in total. The fourth-order valence-corrected chi connectivity index (χ4v) is 4.74. The number of carbonyl (C=O) groups is 5. The van der Waals surface area contributed by atoms with Crippen LogP contribution < -0.4 is 16.0 Å². The Hall–Kier alpha value is -5.19. The number of carboxylic acid groups (broad SMARTS) is 1. The highest BCUT2D eigenvalue weighted by Crippen LogP contribution is 2.16. The number of rotatable bonds is 12. The predicted octanol–water partition coefficient (Wildman–Crippen LogP) is 4.36. The molecule has 0 unspecified atom stereocenters. The molecule has 1 fully saturated rings. The minimum atomic E-state index is -1.07. The quantitative estimate of drug-likeness (QED) is 0.248. The first-order valence-corrected chi connectivity index (χ1v) is 14.1. The molecule has 224 valence electrons. The molecule has 3 aromatic rings. The molecule has 0 aromatic heterocycles. The highest BCUT2D eigenvalue weighted by atomic mass is 16.4. The Morgan fingerprint density at radius 3 is 2.21 bits per heavy atom. The maximum Gasteiger partial charge on any atom is 0.335 e. The summed E-state index contributed by atoms with van der Waals surface area (Å²) in [7, 11) is 0. The summed E-state index contributed by atoms with van der Waals surface area (Å²) in [5.41, 5.74) is 3.42. The zero-order valence-electron chi connectivity index (χ0n) is 24.0. The van der Waals surface area contributed by atoms with Crippen molar-refractivity contribution < 1.29 is 29.1 Å². The van der Waals surface area contributed by atoms with Crippen molar-refractivity contribution in [3.05, 3.63) is 89.5 Å². The van der Waals surface area contributed by atoms with E-state index in [0.717, 1.165) is 12.0 Å². The van der Waals surface area contributed by atoms with Gasteiger partial charge in [0, 0.05) is 43.1 Å². The summed E-state index contributed by atoms with van der Waals surface area (Å²) >= 11 is 0. The number of hydrogen-bond donors (Lipinski definition) is 4. The monoisotopic (exact) mass is 585 g/mol. The van der Waals surface area contributed by atoms with Crippen LogP contribution in [0.25, 0.3) is 0 Å². The number of benzene rings is 3. The van der Waals surface area contributed by atoms with Crippen LogP contribution in [0.15, 0.2) is 72.8 Å². The van der Waals surface area contributed by atoms with Gasteiger partial charge in [-0.05, 0) is 73.4 Å². The second-order valence-corrected chi connectivity index (χ2v) is 10.4. The summed E-state index contributed by atoms with van der Waals surface area (Å²) in [6.07, 6.45) is 1.92. The van der Waals surface area contributed by atoms with Crippen LogP contribution in [-0.4, -0.2) is 70.8 Å². The van der Waals surface area contributed by atoms with E-state index in [1.165, 1.54) is 29.2 Å². The minimum absolute atomic E-state index is 0.0406. The van der Waals surface area contributed by atoms with Gasteiger partial charge in [-0.2, -0.15) is 0 Å². The normalized spacial score (nSPS) is 12.5. The first-order valence-electron chi connectivity index (χ1n) is 14.1. The standard InChI is InChI=1S/C32H35N5O6/c1-22-6-2-3-7-27(22)35-32(43)34-26-13-9-23(10-14-26)20-30(40)37(19-5-18-36-17-4-8-29(36)39)21-28(38)33-25-15-11-24(12-16-25)31(41)42/h2-3,6-7,9-16H,4-5,8,17-21H2,1H3,(H,33,38)(H,41,42)(H2,34,35,43). The number of aromatic carboxylic acids is 1. The highest BCUT2D eigenvalue weighted by molar-refractivity contribution is 6.00. The van der Waals surface area contributed by atoms with E-state index < -0.39 is 11.9 Å². The van der Waals surface area contributed by atoms with Gasteiger partial charge in [-0.1, -0.05) is 30.3 Å². The molecule has 1 aliphatic heterocycles. The molecule has 0 aliphatic carbocycles. The number of urea groups is 1. The Kier molecular flexibility index (Phi) is 10.5. The summed E-state index contributed by atoms with van der Waals surface area (Å²) in [6.45, 7) is 3.19. The van der Waals surface area contributed by atoms with Gasteiger partial charge in [0.25, 0.3) is 0 Å². The SMILES string of the molecule is Cc1ccccc1NC(=O)Nc1ccc(CC(=O)N(CCCN2CCCC2=O)CC(=O)Nc2ccc(C(=O)O)cc2)cc1. The first kappa shape index (κ1) is 30.8. The van der Waals surface area contributed by atoms with E-state index in [2.05, 4.69) is 16.0 Å². The predicted molar refractivity (Wildman–Crippen MR) is 163 cm³/mol. The summed E-state index contributed by atoms with van der Waals surface area (Å²) in [5.74, 6) is -1.66. The number of likely N-dealkylation sites (tertiary alicyclic amines) is 1. The van der Waals surface area contributed by atoms with E-state index >= 15 is 0 Å². The zero-order chi connectivity index (χ0) is 30.8. The van der Waals surface area contributed by atoms with E-state index in [0.29, 0.717) is 48.6 Å². The van der Waals surface area contributed by atoms with E-state index in [4.69, 9.17) is 5.11 Å². The van der Waals surface area contributed by atoms with Crippen molar-refractivity contribution in [2.45, 2.75) is 32.6 Å². The fourth-order valence-electron chi connectivity index (χ4n) is 4.74. The van der Waals surface area contributed by atoms with Crippen LogP contribution in [0.4, 0.5) is 21.9 Å². The number of nitrogens with one attached hydrogen (secondary N) is 3. The number of amides is 5. The lowest BCUT2D eigenvalue weighted by Gasteiger charge is -2.24. The van der Waals surface area contributed by atoms with Crippen molar-refractivity contribution in [1.82, 2.24) is 9.80 Å². The molecule has 5 amide bonds. The zero-order valence-corrected chi connectivity index (χ0v) is 24.0. The average Bonchev–Trinajstić information content (AvgIpc) is 3.39. The van der Waals surface area contributed by atoms with Gasteiger partial charge in [-0.15, -0.1) is 0 Å². The number of carbonyl (C=O) groups excluding carboxylic acids is 4. The van der Waals surface area contributed by atoms with Gasteiger partial charge in [-0.3, -0.25) is 14.4 Å². The second-order valence-electron chi connectivity index (χ2n) is 10.4. The van der Waals surface area contributed by atoms with Gasteiger partial charge in [0.05, 0.1) is 18.5 Å². The van der Waals surface area contributed by atoms with E-state index in [1.54, 1.807) is 29.2 Å². The average molecular weight is 586 g/mol. The lowest BCUT2D eigenvalue weighted by atomic mass is 10.1. The Labute approximate surface area is 249 Å². The van der Waals surface area contributed by atoms with Gasteiger partial charge in [0.2, 0.25) is 17.7 Å². The van der Waals surface area contributed by atoms with Crippen molar-refractivity contribution in [1.29, 1.82) is 0 Å². The summed E-state index contributed by atoms with van der Waals surface area (Å²) in [5, 5.41) is 17.4. The number of carboxylic acids is 1. The third kappa shape index (κ3) is 9.15. The third-order valence-corrected chi connectivity index (χ3v) is 7.09. The molecule has 0 radical (unpaired) electrons. The topological polar surface area (TPSA) is 148 Å². The molecular formula is C32H35N5O6. The van der Waals surface area contributed by atoms with Crippen molar-refractivity contribution >= 4 is 46.8 Å². The lowest BCUT2D eigenvalue weighted by molar-refractivity contribution is -0.134. The van der Waals surface area contributed by atoms with Crippen LogP contribution in [0.2, 0.25) is 0 Å². The number of anilines is 3. The fraction of sp³-hybridized carbons (Fsp3) is 0.281.